The lowest BCUT2D eigenvalue weighted by atomic mass is 10.3. The minimum Gasteiger partial charge on any atom is -0.242 e. The molecule has 1 aromatic carbocycles. The van der Waals surface area contributed by atoms with Crippen molar-refractivity contribution >= 4 is 0 Å². The number of nitrogens with one attached hydrogen (secondary N) is 1. The first kappa shape index (κ1) is 6.78. The van der Waals surface area contributed by atoms with Crippen LogP contribution < -0.4 is 5.69 Å². The SMILES string of the molecule is O=c1nnn(-c2ccccc2)[nH]1. The summed E-state index contributed by atoms with van der Waals surface area (Å²) in [5.74, 6) is 0. The number of nitrogens with zero attached hydrogens (tertiary/aromatic N) is 3. The second kappa shape index (κ2) is 2.61. The molecule has 1 N–H and O–H groups in total. The highest BCUT2D eigenvalue weighted by atomic mass is 16.2. The molecule has 1 heterocycles. The van der Waals surface area contributed by atoms with Gasteiger partial charge >= 0.3 is 5.69 Å². The number of para-hydroxylation sites is 1. The molecule has 0 atom stereocenters. The van der Waals surface area contributed by atoms with Gasteiger partial charge in [-0.15, -0.1) is 0 Å². The van der Waals surface area contributed by atoms with Gasteiger partial charge < -0.3 is 0 Å². The Morgan fingerprint density at radius 3 is 2.58 bits per heavy atom. The number of hydrogen-bond donors (Lipinski definition) is 1. The van der Waals surface area contributed by atoms with E-state index in [1.807, 2.05) is 30.3 Å². The fourth-order valence-corrected chi connectivity index (χ4v) is 0.906. The summed E-state index contributed by atoms with van der Waals surface area (Å²) in [7, 11) is 0. The van der Waals surface area contributed by atoms with Crippen LogP contribution >= 0.6 is 0 Å². The molecule has 60 valence electrons. The van der Waals surface area contributed by atoms with Crippen molar-refractivity contribution in [3.05, 3.63) is 40.8 Å². The van der Waals surface area contributed by atoms with Crippen molar-refractivity contribution in [2.45, 2.75) is 0 Å². The van der Waals surface area contributed by atoms with E-state index in [4.69, 9.17) is 0 Å². The molecule has 0 bridgehead atoms. The third kappa shape index (κ3) is 1.12. The Bertz CT molecular complexity index is 416. The molecule has 0 aliphatic heterocycles. The van der Waals surface area contributed by atoms with Crippen LogP contribution in [0.1, 0.15) is 0 Å². The van der Waals surface area contributed by atoms with Crippen molar-refractivity contribution in [2.75, 3.05) is 0 Å². The predicted molar refractivity (Wildman–Crippen MR) is 42.0 cm³/mol. The normalized spacial score (nSPS) is 10.0. The Kier molecular flexibility index (Phi) is 1.48. The summed E-state index contributed by atoms with van der Waals surface area (Å²) in [5, 5.41) is 9.31. The molecule has 0 fully saturated rings. The van der Waals surface area contributed by atoms with Crippen molar-refractivity contribution < 1.29 is 0 Å². The Hall–Kier alpha value is -1.91. The van der Waals surface area contributed by atoms with Crippen molar-refractivity contribution in [3.63, 3.8) is 0 Å². The van der Waals surface area contributed by atoms with E-state index in [-0.39, 0.29) is 0 Å². The number of hydrogen-bond acceptors (Lipinski definition) is 3. The quantitative estimate of drug-likeness (QED) is 0.639. The maximum Gasteiger partial charge on any atom is 0.381 e. The van der Waals surface area contributed by atoms with Crippen LogP contribution in [0, 0.1) is 0 Å². The molecule has 0 saturated heterocycles. The number of H-pyrrole nitrogens is 1. The monoisotopic (exact) mass is 162 g/mol. The van der Waals surface area contributed by atoms with E-state index in [0.29, 0.717) is 0 Å². The smallest absolute Gasteiger partial charge is 0.242 e. The Morgan fingerprint density at radius 1 is 1.25 bits per heavy atom. The molecule has 0 aliphatic rings. The number of aromatic amines is 1. The van der Waals surface area contributed by atoms with Gasteiger partial charge in [0.2, 0.25) is 0 Å². The first-order chi connectivity index (χ1) is 5.86. The molecular formula is C7H6N4O. The molecule has 1 aromatic heterocycles. The zero-order valence-corrected chi connectivity index (χ0v) is 6.14. The molecule has 0 aliphatic carbocycles. The summed E-state index contributed by atoms with van der Waals surface area (Å²) in [6.45, 7) is 0. The van der Waals surface area contributed by atoms with Crippen LogP contribution in [0.25, 0.3) is 5.69 Å². The van der Waals surface area contributed by atoms with E-state index in [9.17, 15) is 4.79 Å². The van der Waals surface area contributed by atoms with Gasteiger partial charge in [-0.3, -0.25) is 0 Å². The van der Waals surface area contributed by atoms with Gasteiger partial charge in [-0.1, -0.05) is 23.3 Å². The van der Waals surface area contributed by atoms with E-state index in [1.54, 1.807) is 0 Å². The zero-order valence-electron chi connectivity index (χ0n) is 6.14. The van der Waals surface area contributed by atoms with Crippen LogP contribution in [0.2, 0.25) is 0 Å². The minimum absolute atomic E-state index is 0.446. The molecule has 2 rings (SSSR count). The second-order valence-electron chi connectivity index (χ2n) is 2.25. The summed E-state index contributed by atoms with van der Waals surface area (Å²) < 4.78 is 0. The van der Waals surface area contributed by atoms with E-state index in [2.05, 4.69) is 15.4 Å². The van der Waals surface area contributed by atoms with Gasteiger partial charge in [0.15, 0.2) is 0 Å². The first-order valence-electron chi connectivity index (χ1n) is 3.44. The van der Waals surface area contributed by atoms with Crippen LogP contribution in [0.4, 0.5) is 0 Å². The summed E-state index contributed by atoms with van der Waals surface area (Å²) >= 11 is 0. The molecule has 12 heavy (non-hydrogen) atoms. The van der Waals surface area contributed by atoms with Gasteiger partial charge in [-0.2, -0.15) is 4.80 Å². The molecule has 5 nitrogen and oxygen atoms in total. The van der Waals surface area contributed by atoms with Gasteiger partial charge in [0.25, 0.3) is 0 Å². The minimum atomic E-state index is -0.446. The highest BCUT2D eigenvalue weighted by Gasteiger charge is 1.95. The maximum atomic E-state index is 10.6. The van der Waals surface area contributed by atoms with Gasteiger partial charge in [0, 0.05) is 0 Å². The fraction of sp³-hybridized carbons (Fsp3) is 0. The van der Waals surface area contributed by atoms with Gasteiger partial charge in [-0.25, -0.2) is 9.89 Å². The van der Waals surface area contributed by atoms with E-state index < -0.39 is 5.69 Å². The lowest BCUT2D eigenvalue weighted by molar-refractivity contribution is 0.719. The summed E-state index contributed by atoms with van der Waals surface area (Å²) in [6.07, 6.45) is 0. The van der Waals surface area contributed by atoms with Crippen LogP contribution in [0.15, 0.2) is 35.1 Å². The van der Waals surface area contributed by atoms with Crippen molar-refractivity contribution in [2.24, 2.45) is 0 Å². The summed E-state index contributed by atoms with van der Waals surface area (Å²) in [5.41, 5.74) is 0.339. The Labute approximate surface area is 67.6 Å². The lowest BCUT2D eigenvalue weighted by Gasteiger charge is -1.95. The van der Waals surface area contributed by atoms with Crippen LogP contribution in [-0.4, -0.2) is 20.2 Å². The van der Waals surface area contributed by atoms with E-state index in [1.165, 1.54) is 4.80 Å². The highest BCUT2D eigenvalue weighted by Crippen LogP contribution is 1.99. The number of rotatable bonds is 1. The van der Waals surface area contributed by atoms with Crippen molar-refractivity contribution in [1.82, 2.24) is 20.2 Å². The number of tetrazole rings is 1. The van der Waals surface area contributed by atoms with E-state index >= 15 is 0 Å². The summed E-state index contributed by atoms with van der Waals surface area (Å²) in [6, 6.07) is 9.25. The largest absolute Gasteiger partial charge is 0.381 e. The topological polar surface area (TPSA) is 63.6 Å². The van der Waals surface area contributed by atoms with Gasteiger partial charge in [0.05, 0.1) is 5.69 Å². The molecule has 0 amide bonds. The molecular weight excluding hydrogens is 156 g/mol. The Morgan fingerprint density at radius 2 is 2.00 bits per heavy atom. The standard InChI is InChI=1S/C7H6N4O/c12-7-8-10-11(9-7)6-4-2-1-3-5-6/h1-5H,(H,9,12). The van der Waals surface area contributed by atoms with Crippen LogP contribution in [0.3, 0.4) is 0 Å². The number of benzene rings is 1. The average molecular weight is 162 g/mol. The summed E-state index contributed by atoms with van der Waals surface area (Å²) in [4.78, 5) is 11.9. The van der Waals surface area contributed by atoms with Crippen LogP contribution in [0.5, 0.6) is 0 Å². The fourth-order valence-electron chi connectivity index (χ4n) is 0.906. The zero-order chi connectivity index (χ0) is 8.39. The molecule has 0 unspecified atom stereocenters. The average Bonchev–Trinajstić information content (AvgIpc) is 2.54. The lowest BCUT2D eigenvalue weighted by Crippen LogP contribution is -2.04. The third-order valence-electron chi connectivity index (χ3n) is 1.43. The molecule has 2 aromatic rings. The number of aromatic nitrogens is 4. The molecule has 0 radical (unpaired) electrons. The highest BCUT2D eigenvalue weighted by molar-refractivity contribution is 5.27. The predicted octanol–water partition coefficient (Wildman–Crippen LogP) is -0.0444. The first-order valence-corrected chi connectivity index (χ1v) is 3.44. The molecule has 5 heteroatoms. The van der Waals surface area contributed by atoms with Gasteiger partial charge in [-0.05, 0) is 17.3 Å². The van der Waals surface area contributed by atoms with Gasteiger partial charge in [0.1, 0.15) is 0 Å². The molecule has 0 saturated carbocycles. The van der Waals surface area contributed by atoms with E-state index in [0.717, 1.165) is 5.69 Å². The Balaban J connectivity index is 2.51. The van der Waals surface area contributed by atoms with Crippen LogP contribution in [-0.2, 0) is 0 Å². The second-order valence-corrected chi connectivity index (χ2v) is 2.25. The molecule has 0 spiro atoms. The van der Waals surface area contributed by atoms with Crippen molar-refractivity contribution in [3.8, 4) is 5.69 Å². The third-order valence-corrected chi connectivity index (χ3v) is 1.43. The maximum absolute atomic E-state index is 10.6. The van der Waals surface area contributed by atoms with Crippen molar-refractivity contribution in [1.29, 1.82) is 0 Å².